The van der Waals surface area contributed by atoms with E-state index >= 15 is 0 Å². The average molecular weight is 998 g/mol. The van der Waals surface area contributed by atoms with E-state index in [2.05, 4.69) is 73.8 Å². The van der Waals surface area contributed by atoms with Crippen LogP contribution in [-0.4, -0.2) is 193 Å². The van der Waals surface area contributed by atoms with Gasteiger partial charge in [-0.3, -0.25) is 4.79 Å². The highest BCUT2D eigenvalue weighted by molar-refractivity contribution is 5.76. The summed E-state index contributed by atoms with van der Waals surface area (Å²) in [7, 11) is 0. The molecular formula is C51H83NO18. The van der Waals surface area contributed by atoms with Gasteiger partial charge in [0.1, 0.15) is 73.2 Å². The van der Waals surface area contributed by atoms with Gasteiger partial charge in [-0.05, 0) is 64.2 Å². The van der Waals surface area contributed by atoms with E-state index in [1.807, 2.05) is 18.2 Å². The topological polar surface area (TPSA) is 307 Å². The lowest BCUT2D eigenvalue weighted by molar-refractivity contribution is -0.379. The maximum absolute atomic E-state index is 13.1. The number of unbranched alkanes of at least 4 members (excludes halogenated alkanes) is 4. The Bertz CT molecular complexity index is 1620. The van der Waals surface area contributed by atoms with Crippen LogP contribution in [0, 0.1) is 0 Å². The van der Waals surface area contributed by atoms with Crippen molar-refractivity contribution in [3.05, 3.63) is 85.1 Å². The second-order valence-electron chi connectivity index (χ2n) is 17.5. The fourth-order valence-electron chi connectivity index (χ4n) is 7.74. The van der Waals surface area contributed by atoms with Crippen molar-refractivity contribution >= 4 is 5.91 Å². The first-order valence-corrected chi connectivity index (χ1v) is 24.8. The molecule has 0 aromatic heterocycles. The highest BCUT2D eigenvalue weighted by Gasteiger charge is 2.53. The Morgan fingerprint density at radius 3 is 1.50 bits per heavy atom. The molecule has 19 nitrogen and oxygen atoms in total. The van der Waals surface area contributed by atoms with E-state index in [9.17, 15) is 61.0 Å². The molecule has 0 bridgehead atoms. The molecule has 3 rings (SSSR count). The summed E-state index contributed by atoms with van der Waals surface area (Å²) in [4.78, 5) is 13.1. The average Bonchev–Trinajstić information content (AvgIpc) is 3.35. The number of carbonyl (C=O) groups excluding carboxylic acids is 1. The second kappa shape index (κ2) is 35.2. The quantitative estimate of drug-likeness (QED) is 0.0334. The van der Waals surface area contributed by atoms with Crippen LogP contribution in [0.1, 0.15) is 97.3 Å². The predicted octanol–water partition coefficient (Wildman–Crippen LogP) is 1.30. The maximum atomic E-state index is 13.1. The smallest absolute Gasteiger partial charge is 0.220 e. The summed E-state index contributed by atoms with van der Waals surface area (Å²) in [6.07, 6.45) is 11.9. The Labute approximate surface area is 412 Å². The molecule has 0 saturated carbocycles. The minimum Gasteiger partial charge on any atom is -0.394 e. The van der Waals surface area contributed by atoms with Crippen LogP contribution in [0.2, 0.25) is 0 Å². The van der Waals surface area contributed by atoms with Gasteiger partial charge in [-0.15, -0.1) is 0 Å². The molecule has 0 radical (unpaired) electrons. The van der Waals surface area contributed by atoms with Gasteiger partial charge in [-0.2, -0.15) is 0 Å². The van der Waals surface area contributed by atoms with Crippen LogP contribution in [0.5, 0.6) is 0 Å². The number of ether oxygens (including phenoxy) is 6. The molecule has 3 aliphatic rings. The van der Waals surface area contributed by atoms with Crippen molar-refractivity contribution in [2.75, 3.05) is 26.4 Å². The summed E-state index contributed by atoms with van der Waals surface area (Å²) in [5.74, 6) is -0.378. The van der Waals surface area contributed by atoms with Crippen molar-refractivity contribution in [1.82, 2.24) is 5.32 Å². The molecule has 19 heteroatoms. The van der Waals surface area contributed by atoms with Crippen LogP contribution < -0.4 is 5.32 Å². The number of allylic oxidation sites excluding steroid dienone is 13. The standard InChI is InChI=1S/C51H83NO18/c1-3-5-7-9-11-13-15-17-19-21-23-25-27-29-39(57)52-34(35(56)28-26-24-22-20-18-16-14-12-10-8-6-4-2)33-65-49-45(63)42(60)47(37(31-54)67-49)70-51-46(64)43(61)48(38(32-55)68-51)69-50-44(62)41(59)40(58)36(30-53)66-50/h5,7,10-13,17-20,23,25-26,28,34-38,40-51,53-56,58-64H,3-4,6,8-9,14-16,21-22,24,27,29-33H2,1-2H3,(H,52,57)/b7-5-,12-10+,13-11-,19-17-,20-18+,25-23-,28-26+. The van der Waals surface area contributed by atoms with Crippen LogP contribution in [0.4, 0.5) is 0 Å². The molecule has 3 aliphatic heterocycles. The van der Waals surface area contributed by atoms with Gasteiger partial charge in [0.25, 0.3) is 0 Å². The van der Waals surface area contributed by atoms with Gasteiger partial charge in [0, 0.05) is 6.42 Å². The second-order valence-corrected chi connectivity index (χ2v) is 17.5. The zero-order valence-electron chi connectivity index (χ0n) is 40.7. The first kappa shape index (κ1) is 61.3. The SMILES string of the molecule is CC/C=C\C/C=C\C/C=C\C/C=C\CCC(=O)NC(COC1OC(CO)C(OC2OC(CO)C(OC3OC(CO)C(O)C(O)C3O)C(O)C2O)C(O)C1O)C(O)/C=C/CC/C=C/CC/C=C/CCCC. The normalized spacial score (nSPS) is 33.3. The van der Waals surface area contributed by atoms with Gasteiger partial charge in [-0.25, -0.2) is 0 Å². The number of aliphatic hydroxyl groups excluding tert-OH is 11. The van der Waals surface area contributed by atoms with Crippen LogP contribution in [0.25, 0.3) is 0 Å². The van der Waals surface area contributed by atoms with Crippen molar-refractivity contribution in [1.29, 1.82) is 0 Å². The van der Waals surface area contributed by atoms with E-state index in [1.165, 1.54) is 12.8 Å². The fourth-order valence-corrected chi connectivity index (χ4v) is 7.74. The van der Waals surface area contributed by atoms with Gasteiger partial charge in [0.15, 0.2) is 18.9 Å². The van der Waals surface area contributed by atoms with Crippen molar-refractivity contribution in [3.63, 3.8) is 0 Å². The van der Waals surface area contributed by atoms with Gasteiger partial charge in [0.2, 0.25) is 5.91 Å². The molecule has 400 valence electrons. The number of carbonyl (C=O) groups is 1. The largest absolute Gasteiger partial charge is 0.394 e. The molecule has 0 aliphatic carbocycles. The Balaban J connectivity index is 1.61. The van der Waals surface area contributed by atoms with Crippen LogP contribution in [0.15, 0.2) is 85.1 Å². The molecule has 3 saturated heterocycles. The van der Waals surface area contributed by atoms with E-state index < -0.39 is 131 Å². The van der Waals surface area contributed by atoms with Crippen LogP contribution in [-0.2, 0) is 33.2 Å². The highest BCUT2D eigenvalue weighted by Crippen LogP contribution is 2.33. The molecule has 70 heavy (non-hydrogen) atoms. The molecule has 0 spiro atoms. The Hall–Kier alpha value is -3.03. The first-order chi connectivity index (χ1) is 33.8. The Kier molecular flexibility index (Phi) is 30.8. The molecule has 0 aromatic carbocycles. The minimum atomic E-state index is -1.99. The number of nitrogens with one attached hydrogen (secondary N) is 1. The maximum Gasteiger partial charge on any atom is 0.220 e. The molecule has 17 atom stereocenters. The van der Waals surface area contributed by atoms with E-state index in [1.54, 1.807) is 12.2 Å². The third-order valence-corrected chi connectivity index (χ3v) is 11.9. The molecule has 3 fully saturated rings. The van der Waals surface area contributed by atoms with Crippen molar-refractivity contribution in [2.45, 2.75) is 202 Å². The van der Waals surface area contributed by atoms with Crippen molar-refractivity contribution < 1.29 is 89.4 Å². The van der Waals surface area contributed by atoms with Crippen LogP contribution in [0.3, 0.4) is 0 Å². The van der Waals surface area contributed by atoms with E-state index in [4.69, 9.17) is 28.4 Å². The third kappa shape index (κ3) is 20.8. The molecule has 12 N–H and O–H groups in total. The zero-order chi connectivity index (χ0) is 51.3. The summed E-state index contributed by atoms with van der Waals surface area (Å²) in [6, 6.07) is -1.04. The lowest BCUT2D eigenvalue weighted by atomic mass is 9.96. The fraction of sp³-hybridized carbons (Fsp3) is 0.706. The molecule has 3 heterocycles. The van der Waals surface area contributed by atoms with E-state index in [0.717, 1.165) is 44.9 Å². The summed E-state index contributed by atoms with van der Waals surface area (Å²) in [5.41, 5.74) is 0. The van der Waals surface area contributed by atoms with Gasteiger partial charge in [-0.1, -0.05) is 112 Å². The first-order valence-electron chi connectivity index (χ1n) is 24.8. The molecule has 1 amide bonds. The number of aliphatic hydroxyl groups is 11. The predicted molar refractivity (Wildman–Crippen MR) is 258 cm³/mol. The van der Waals surface area contributed by atoms with Crippen molar-refractivity contribution in [2.24, 2.45) is 0 Å². The monoisotopic (exact) mass is 998 g/mol. The molecule has 17 unspecified atom stereocenters. The zero-order valence-corrected chi connectivity index (χ0v) is 40.7. The molecule has 0 aromatic rings. The number of rotatable bonds is 32. The van der Waals surface area contributed by atoms with Gasteiger partial charge < -0.3 is 89.9 Å². The summed E-state index contributed by atoms with van der Waals surface area (Å²) in [6.45, 7) is 1.40. The minimum absolute atomic E-state index is 0.105. The van der Waals surface area contributed by atoms with E-state index in [-0.39, 0.29) is 12.3 Å². The number of hydrogen-bond donors (Lipinski definition) is 12. The third-order valence-electron chi connectivity index (χ3n) is 11.9. The van der Waals surface area contributed by atoms with E-state index in [0.29, 0.717) is 19.3 Å². The summed E-state index contributed by atoms with van der Waals surface area (Å²) in [5, 5.41) is 119. The van der Waals surface area contributed by atoms with Crippen LogP contribution >= 0.6 is 0 Å². The number of amides is 1. The van der Waals surface area contributed by atoms with Crippen molar-refractivity contribution in [3.8, 4) is 0 Å². The lowest BCUT2D eigenvalue weighted by Gasteiger charge is -2.48. The highest BCUT2D eigenvalue weighted by atomic mass is 16.8. The van der Waals surface area contributed by atoms with Gasteiger partial charge in [0.05, 0.1) is 38.6 Å². The summed E-state index contributed by atoms with van der Waals surface area (Å²) >= 11 is 0. The van der Waals surface area contributed by atoms with Gasteiger partial charge >= 0.3 is 0 Å². The molecular weight excluding hydrogens is 915 g/mol. The lowest BCUT2D eigenvalue weighted by Crippen LogP contribution is -2.66. The summed E-state index contributed by atoms with van der Waals surface area (Å²) < 4.78 is 34.0. The Morgan fingerprint density at radius 1 is 0.529 bits per heavy atom. The number of hydrogen-bond acceptors (Lipinski definition) is 18. The Morgan fingerprint density at radius 2 is 0.971 bits per heavy atom.